The summed E-state index contributed by atoms with van der Waals surface area (Å²) in [5.74, 6) is 0.833. The molecule has 0 aliphatic carbocycles. The van der Waals surface area contributed by atoms with E-state index < -0.39 is 0 Å². The van der Waals surface area contributed by atoms with Crippen LogP contribution >= 0.6 is 0 Å². The number of hydrogen-bond acceptors (Lipinski definition) is 4. The van der Waals surface area contributed by atoms with Crippen LogP contribution in [0.25, 0.3) is 0 Å². The lowest BCUT2D eigenvalue weighted by Crippen LogP contribution is -2.24. The van der Waals surface area contributed by atoms with E-state index >= 15 is 0 Å². The molecule has 3 heterocycles. The largest absolute Gasteiger partial charge is 0.353 e. The second-order valence-electron chi connectivity index (χ2n) is 7.25. The maximum Gasteiger partial charge on any atom is 0.255 e. The van der Waals surface area contributed by atoms with Crippen LogP contribution in [0.1, 0.15) is 41.7 Å². The predicted octanol–water partition coefficient (Wildman–Crippen LogP) is 2.71. The second-order valence-corrected chi connectivity index (χ2v) is 7.25. The van der Waals surface area contributed by atoms with E-state index in [1.54, 1.807) is 17.0 Å². The molecule has 1 aromatic heterocycles. The number of anilines is 3. The molecular weight excluding hydrogens is 342 g/mol. The number of carbonyl (C=O) groups is 2. The van der Waals surface area contributed by atoms with Gasteiger partial charge in [-0.25, -0.2) is 0 Å². The van der Waals surface area contributed by atoms with E-state index in [1.165, 1.54) is 0 Å². The lowest BCUT2D eigenvalue weighted by Gasteiger charge is -2.17. The van der Waals surface area contributed by atoms with Gasteiger partial charge in [-0.15, -0.1) is 0 Å². The van der Waals surface area contributed by atoms with E-state index in [0.717, 1.165) is 61.8 Å². The maximum absolute atomic E-state index is 12.8. The summed E-state index contributed by atoms with van der Waals surface area (Å²) in [5, 5.41) is 7.64. The topological polar surface area (TPSA) is 70.5 Å². The zero-order valence-corrected chi connectivity index (χ0v) is 15.9. The van der Waals surface area contributed by atoms with Crippen LogP contribution in [0.3, 0.4) is 0 Å². The number of aromatic nitrogens is 2. The SMILES string of the molecule is Cc1c(NC(=O)c2ccc(N3CCCC3=O)cc2)c(N2CCCC2)nn1C. The van der Waals surface area contributed by atoms with Gasteiger partial charge in [-0.3, -0.25) is 14.3 Å². The summed E-state index contributed by atoms with van der Waals surface area (Å²) in [7, 11) is 1.90. The maximum atomic E-state index is 12.8. The minimum absolute atomic E-state index is 0.147. The minimum atomic E-state index is -0.161. The van der Waals surface area contributed by atoms with Crippen LogP contribution in [0.5, 0.6) is 0 Å². The van der Waals surface area contributed by atoms with Gasteiger partial charge in [0.05, 0.1) is 5.69 Å². The van der Waals surface area contributed by atoms with Crippen molar-refractivity contribution in [1.82, 2.24) is 9.78 Å². The van der Waals surface area contributed by atoms with Gasteiger partial charge in [-0.2, -0.15) is 5.10 Å². The summed E-state index contributed by atoms with van der Waals surface area (Å²) in [6.07, 6.45) is 3.79. The summed E-state index contributed by atoms with van der Waals surface area (Å²) in [5.41, 5.74) is 3.14. The predicted molar refractivity (Wildman–Crippen MR) is 105 cm³/mol. The highest BCUT2D eigenvalue weighted by atomic mass is 16.2. The molecule has 0 atom stereocenters. The van der Waals surface area contributed by atoms with Gasteiger partial charge >= 0.3 is 0 Å². The molecule has 0 bridgehead atoms. The highest BCUT2D eigenvalue weighted by molar-refractivity contribution is 6.06. The minimum Gasteiger partial charge on any atom is -0.353 e. The number of rotatable bonds is 4. The van der Waals surface area contributed by atoms with Crippen molar-refractivity contribution in [2.24, 2.45) is 7.05 Å². The molecule has 0 saturated carbocycles. The van der Waals surface area contributed by atoms with Gasteiger partial charge in [-0.1, -0.05) is 0 Å². The fraction of sp³-hybridized carbons (Fsp3) is 0.450. The van der Waals surface area contributed by atoms with E-state index in [9.17, 15) is 9.59 Å². The Hall–Kier alpha value is -2.83. The van der Waals surface area contributed by atoms with Crippen molar-refractivity contribution in [3.8, 4) is 0 Å². The number of hydrogen-bond donors (Lipinski definition) is 1. The van der Waals surface area contributed by atoms with Gasteiger partial charge in [-0.05, 0) is 50.5 Å². The van der Waals surface area contributed by atoms with Crippen LogP contribution in [-0.4, -0.2) is 41.2 Å². The van der Waals surface area contributed by atoms with E-state index in [0.29, 0.717) is 12.0 Å². The molecule has 2 aliphatic rings. The first-order valence-electron chi connectivity index (χ1n) is 9.55. The fourth-order valence-corrected chi connectivity index (χ4v) is 3.79. The smallest absolute Gasteiger partial charge is 0.255 e. The molecule has 2 aromatic rings. The van der Waals surface area contributed by atoms with Crippen molar-refractivity contribution in [3.63, 3.8) is 0 Å². The molecule has 1 N–H and O–H groups in total. The fourth-order valence-electron chi connectivity index (χ4n) is 3.79. The third kappa shape index (κ3) is 3.29. The summed E-state index contributed by atoms with van der Waals surface area (Å²) >= 11 is 0. The Bertz CT molecular complexity index is 865. The summed E-state index contributed by atoms with van der Waals surface area (Å²) in [6.45, 7) is 4.65. The standard InChI is InChI=1S/C20H25N5O2/c1-14-18(19(22-23(14)2)24-11-3-4-12-24)21-20(27)15-7-9-16(10-8-15)25-13-5-6-17(25)26/h7-10H,3-6,11-13H2,1-2H3,(H,21,27). The van der Waals surface area contributed by atoms with Crippen molar-refractivity contribution in [2.75, 3.05) is 34.8 Å². The lowest BCUT2D eigenvalue weighted by atomic mass is 10.1. The first-order chi connectivity index (χ1) is 13.0. The summed E-state index contributed by atoms with van der Waals surface area (Å²) in [4.78, 5) is 28.7. The number of carbonyl (C=O) groups excluding carboxylic acids is 2. The van der Waals surface area contributed by atoms with Crippen LogP contribution < -0.4 is 15.1 Å². The first kappa shape index (κ1) is 17.6. The molecule has 1 aromatic carbocycles. The number of nitrogens with one attached hydrogen (secondary N) is 1. The molecule has 142 valence electrons. The molecule has 2 aliphatic heterocycles. The number of benzene rings is 1. The molecule has 4 rings (SSSR count). The van der Waals surface area contributed by atoms with Gasteiger partial charge in [0.15, 0.2) is 5.82 Å². The normalized spacial score (nSPS) is 17.0. The summed E-state index contributed by atoms with van der Waals surface area (Å²) in [6, 6.07) is 7.24. The van der Waals surface area contributed by atoms with Gasteiger partial charge in [0.1, 0.15) is 5.69 Å². The Kier molecular flexibility index (Phi) is 4.59. The van der Waals surface area contributed by atoms with Gasteiger partial charge < -0.3 is 15.1 Å². The van der Waals surface area contributed by atoms with Gasteiger partial charge in [0.2, 0.25) is 5.91 Å². The van der Waals surface area contributed by atoms with E-state index in [2.05, 4.69) is 15.3 Å². The Morgan fingerprint density at radius 1 is 1.07 bits per heavy atom. The van der Waals surface area contributed by atoms with Gasteiger partial charge in [0.25, 0.3) is 5.91 Å². The Labute approximate surface area is 158 Å². The highest BCUT2D eigenvalue weighted by Gasteiger charge is 2.24. The van der Waals surface area contributed by atoms with E-state index in [1.807, 2.05) is 30.8 Å². The summed E-state index contributed by atoms with van der Waals surface area (Å²) < 4.78 is 1.81. The molecule has 0 radical (unpaired) electrons. The lowest BCUT2D eigenvalue weighted by molar-refractivity contribution is -0.117. The zero-order valence-electron chi connectivity index (χ0n) is 15.9. The van der Waals surface area contributed by atoms with Crippen LogP contribution in [0.2, 0.25) is 0 Å². The molecule has 2 saturated heterocycles. The Balaban J connectivity index is 1.53. The number of aryl methyl sites for hydroxylation is 1. The first-order valence-corrected chi connectivity index (χ1v) is 9.55. The number of amides is 2. The van der Waals surface area contributed by atoms with Crippen molar-refractivity contribution >= 4 is 29.0 Å². The highest BCUT2D eigenvalue weighted by Crippen LogP contribution is 2.31. The Morgan fingerprint density at radius 2 is 1.78 bits per heavy atom. The van der Waals surface area contributed by atoms with Crippen LogP contribution in [-0.2, 0) is 11.8 Å². The molecule has 7 heteroatoms. The Morgan fingerprint density at radius 3 is 2.41 bits per heavy atom. The molecule has 0 spiro atoms. The number of nitrogens with zero attached hydrogens (tertiary/aromatic N) is 4. The average molecular weight is 367 g/mol. The van der Waals surface area contributed by atoms with E-state index in [4.69, 9.17) is 0 Å². The monoisotopic (exact) mass is 367 g/mol. The molecule has 0 unspecified atom stereocenters. The van der Waals surface area contributed by atoms with Crippen LogP contribution in [0.4, 0.5) is 17.2 Å². The molecule has 2 amide bonds. The molecule has 2 fully saturated rings. The zero-order chi connectivity index (χ0) is 19.0. The van der Waals surface area contributed by atoms with Crippen molar-refractivity contribution in [1.29, 1.82) is 0 Å². The van der Waals surface area contributed by atoms with E-state index in [-0.39, 0.29) is 11.8 Å². The van der Waals surface area contributed by atoms with Gasteiger partial charge in [0, 0.05) is 44.4 Å². The third-order valence-corrected chi connectivity index (χ3v) is 5.47. The van der Waals surface area contributed by atoms with Crippen molar-refractivity contribution < 1.29 is 9.59 Å². The molecule has 7 nitrogen and oxygen atoms in total. The van der Waals surface area contributed by atoms with Crippen LogP contribution in [0.15, 0.2) is 24.3 Å². The van der Waals surface area contributed by atoms with Crippen molar-refractivity contribution in [2.45, 2.75) is 32.6 Å². The molecular formula is C20H25N5O2. The van der Waals surface area contributed by atoms with Crippen molar-refractivity contribution in [3.05, 3.63) is 35.5 Å². The average Bonchev–Trinajstić information content (AvgIpc) is 3.40. The third-order valence-electron chi connectivity index (χ3n) is 5.47. The second kappa shape index (κ2) is 7.06. The van der Waals surface area contributed by atoms with Crippen LogP contribution in [0, 0.1) is 6.92 Å². The molecule has 27 heavy (non-hydrogen) atoms. The quantitative estimate of drug-likeness (QED) is 0.902.